The van der Waals surface area contributed by atoms with Crippen molar-refractivity contribution in [2.75, 3.05) is 12.4 Å². The van der Waals surface area contributed by atoms with E-state index in [9.17, 15) is 13.6 Å². The van der Waals surface area contributed by atoms with Crippen LogP contribution in [0.15, 0.2) is 30.7 Å². The Bertz CT molecular complexity index is 1520. The number of carbonyl (C=O) groups is 1. The van der Waals surface area contributed by atoms with Gasteiger partial charge in [0.2, 0.25) is 0 Å². The molecule has 8 nitrogen and oxygen atoms in total. The van der Waals surface area contributed by atoms with Gasteiger partial charge in [-0.3, -0.25) is 20.1 Å². The second kappa shape index (κ2) is 9.91. The van der Waals surface area contributed by atoms with E-state index in [1.165, 1.54) is 43.3 Å². The minimum atomic E-state index is -2.78. The van der Waals surface area contributed by atoms with E-state index in [4.69, 9.17) is 4.74 Å². The largest absolute Gasteiger partial charge is 0.494 e. The molecule has 4 heterocycles. The van der Waals surface area contributed by atoms with E-state index >= 15 is 0 Å². The number of amides is 1. The van der Waals surface area contributed by atoms with Crippen LogP contribution in [0.1, 0.15) is 53.1 Å². The Morgan fingerprint density at radius 1 is 1.14 bits per heavy atom. The molecule has 0 bridgehead atoms. The lowest BCUT2D eigenvalue weighted by Gasteiger charge is -2.18. The maximum atomic E-state index is 13.3. The number of hydrogen-bond acceptors (Lipinski definition) is 8. The third-order valence-electron chi connectivity index (χ3n) is 5.76. The van der Waals surface area contributed by atoms with Gasteiger partial charge in [0, 0.05) is 28.9 Å². The molecule has 0 aliphatic heterocycles. The van der Waals surface area contributed by atoms with Gasteiger partial charge in [-0.05, 0) is 37.8 Å². The number of rotatable bonds is 5. The van der Waals surface area contributed by atoms with Crippen molar-refractivity contribution in [1.82, 2.24) is 24.9 Å². The summed E-state index contributed by atoms with van der Waals surface area (Å²) in [6.07, 6.45) is 4.83. The number of halogens is 2. The zero-order valence-corrected chi connectivity index (χ0v) is 20.2. The lowest BCUT2D eigenvalue weighted by atomic mass is 9.86. The Labute approximate surface area is 209 Å². The molecular formula is C25H20F2N6O2S. The maximum absolute atomic E-state index is 13.3. The molecule has 0 unspecified atom stereocenters. The van der Waals surface area contributed by atoms with Crippen molar-refractivity contribution >= 4 is 32.9 Å². The average molecular weight is 507 g/mol. The van der Waals surface area contributed by atoms with Crippen LogP contribution in [0.4, 0.5) is 13.9 Å². The zero-order valence-electron chi connectivity index (χ0n) is 19.4. The van der Waals surface area contributed by atoms with Crippen LogP contribution in [0.3, 0.4) is 0 Å². The van der Waals surface area contributed by atoms with E-state index in [2.05, 4.69) is 42.1 Å². The monoisotopic (exact) mass is 506 g/mol. The van der Waals surface area contributed by atoms with Gasteiger partial charge in [0.25, 0.3) is 12.3 Å². The van der Waals surface area contributed by atoms with Crippen LogP contribution in [-0.4, -0.2) is 37.9 Å². The normalized spacial score (nSPS) is 13.2. The molecule has 36 heavy (non-hydrogen) atoms. The minimum absolute atomic E-state index is 0.164. The number of fused-ring (bicyclic) bond motifs is 1. The van der Waals surface area contributed by atoms with Crippen molar-refractivity contribution in [3.05, 3.63) is 53.4 Å². The number of nitrogens with zero attached hydrogens (tertiary/aromatic N) is 5. The summed E-state index contributed by atoms with van der Waals surface area (Å²) in [6, 6.07) is 2.85. The first-order chi connectivity index (χ1) is 17.4. The molecule has 0 radical (unpaired) electrons. The summed E-state index contributed by atoms with van der Waals surface area (Å²) >= 11 is 1.17. The zero-order chi connectivity index (χ0) is 25.2. The van der Waals surface area contributed by atoms with Crippen molar-refractivity contribution in [2.24, 2.45) is 5.92 Å². The molecule has 0 saturated heterocycles. The summed E-state index contributed by atoms with van der Waals surface area (Å²) in [5, 5.41) is 3.04. The number of alkyl halides is 2. The summed E-state index contributed by atoms with van der Waals surface area (Å²) < 4.78 is 32.0. The smallest absolute Gasteiger partial charge is 0.280 e. The number of anilines is 1. The van der Waals surface area contributed by atoms with Crippen LogP contribution in [0.5, 0.6) is 5.75 Å². The van der Waals surface area contributed by atoms with Gasteiger partial charge in [0.05, 0.1) is 25.1 Å². The molecule has 4 aromatic heterocycles. The number of carbonyl (C=O) groups excluding carboxylic acids is 1. The van der Waals surface area contributed by atoms with E-state index in [1.807, 2.05) is 0 Å². The van der Waals surface area contributed by atoms with Crippen molar-refractivity contribution in [3.63, 3.8) is 0 Å². The topological polar surface area (TPSA) is 103 Å². The molecular weight excluding hydrogens is 486 g/mol. The fourth-order valence-corrected chi connectivity index (χ4v) is 4.44. The third kappa shape index (κ3) is 4.85. The molecule has 0 spiro atoms. The van der Waals surface area contributed by atoms with Crippen LogP contribution < -0.4 is 10.1 Å². The van der Waals surface area contributed by atoms with Crippen LogP contribution in [-0.2, 0) is 0 Å². The highest BCUT2D eigenvalue weighted by Gasteiger charge is 2.21. The first-order valence-electron chi connectivity index (χ1n) is 11.2. The van der Waals surface area contributed by atoms with Gasteiger partial charge in [-0.15, -0.1) is 0 Å². The van der Waals surface area contributed by atoms with Gasteiger partial charge >= 0.3 is 0 Å². The van der Waals surface area contributed by atoms with Crippen LogP contribution in [0, 0.1) is 24.7 Å². The highest BCUT2D eigenvalue weighted by Crippen LogP contribution is 2.35. The second-order valence-corrected chi connectivity index (χ2v) is 9.21. The predicted molar refractivity (Wildman–Crippen MR) is 131 cm³/mol. The molecule has 1 saturated carbocycles. The number of thiazole rings is 1. The van der Waals surface area contributed by atoms with E-state index < -0.39 is 18.0 Å². The molecule has 11 heteroatoms. The van der Waals surface area contributed by atoms with E-state index in [-0.39, 0.29) is 11.3 Å². The molecule has 1 fully saturated rings. The number of pyridine rings is 2. The average Bonchev–Trinajstić information content (AvgIpc) is 3.23. The number of methoxy groups -OCH3 is 1. The van der Waals surface area contributed by atoms with Gasteiger partial charge in [-0.2, -0.15) is 4.98 Å². The second-order valence-electron chi connectivity index (χ2n) is 8.24. The van der Waals surface area contributed by atoms with E-state index in [1.54, 1.807) is 19.2 Å². The molecule has 1 N–H and O–H groups in total. The van der Waals surface area contributed by atoms with Crippen LogP contribution in [0.25, 0.3) is 21.6 Å². The molecule has 182 valence electrons. The summed E-state index contributed by atoms with van der Waals surface area (Å²) in [5.41, 5.74) is 1.98. The highest BCUT2D eigenvalue weighted by molar-refractivity contribution is 7.21. The number of ether oxygens (including phenoxy) is 1. The van der Waals surface area contributed by atoms with Crippen LogP contribution in [0.2, 0.25) is 0 Å². The summed E-state index contributed by atoms with van der Waals surface area (Å²) in [5.74, 6) is 6.42. The first-order valence-corrected chi connectivity index (χ1v) is 12.0. The first kappa shape index (κ1) is 23.7. The Morgan fingerprint density at radius 2 is 1.97 bits per heavy atom. The lowest BCUT2D eigenvalue weighted by Crippen LogP contribution is -2.14. The van der Waals surface area contributed by atoms with Gasteiger partial charge in [0.1, 0.15) is 17.1 Å². The van der Waals surface area contributed by atoms with E-state index in [0.29, 0.717) is 44.0 Å². The molecule has 1 amide bonds. The molecule has 4 aromatic rings. The molecule has 0 aromatic carbocycles. The lowest BCUT2D eigenvalue weighted by molar-refractivity contribution is 0.102. The Hall–Kier alpha value is -4.04. The fraction of sp³-hybridized carbons (Fsp3) is 0.280. The van der Waals surface area contributed by atoms with Crippen molar-refractivity contribution in [3.8, 4) is 28.7 Å². The maximum Gasteiger partial charge on any atom is 0.280 e. The molecule has 5 rings (SSSR count). The minimum Gasteiger partial charge on any atom is -0.494 e. The van der Waals surface area contributed by atoms with Gasteiger partial charge < -0.3 is 4.74 Å². The standard InChI is InChI=1S/C25H20F2N6O2S/c1-13-8-16(17-9-19(21(26)27)29-12-20(17)35-2)18(11-28-13)23(34)33-25-32-22-24(36-25)31-15(10-30-22)7-6-14-4-3-5-14/h8-12,14,21H,3-5H2,1-2H3,(H,30,32,33,34). The fourth-order valence-electron chi connectivity index (χ4n) is 3.64. The van der Waals surface area contributed by atoms with Gasteiger partial charge in [0.15, 0.2) is 15.6 Å². The van der Waals surface area contributed by atoms with Crippen molar-refractivity contribution in [2.45, 2.75) is 32.6 Å². The Morgan fingerprint density at radius 3 is 2.69 bits per heavy atom. The Kier molecular flexibility index (Phi) is 6.52. The number of aromatic nitrogens is 5. The predicted octanol–water partition coefficient (Wildman–Crippen LogP) is 5.20. The van der Waals surface area contributed by atoms with E-state index in [0.717, 1.165) is 12.8 Å². The summed E-state index contributed by atoms with van der Waals surface area (Å²) in [7, 11) is 1.41. The molecule has 1 aliphatic rings. The van der Waals surface area contributed by atoms with Crippen molar-refractivity contribution in [1.29, 1.82) is 0 Å². The molecule has 0 atom stereocenters. The van der Waals surface area contributed by atoms with Gasteiger partial charge in [-0.1, -0.05) is 23.7 Å². The summed E-state index contributed by atoms with van der Waals surface area (Å²) in [4.78, 5) is 34.9. The number of hydrogen-bond donors (Lipinski definition) is 1. The number of aryl methyl sites for hydroxylation is 1. The summed E-state index contributed by atoms with van der Waals surface area (Å²) in [6.45, 7) is 1.74. The number of nitrogens with one attached hydrogen (secondary N) is 1. The van der Waals surface area contributed by atoms with Crippen LogP contribution >= 0.6 is 11.3 Å². The van der Waals surface area contributed by atoms with Crippen molar-refractivity contribution < 1.29 is 18.3 Å². The van der Waals surface area contributed by atoms with Gasteiger partial charge in [-0.25, -0.2) is 18.7 Å². The Balaban J connectivity index is 1.45. The third-order valence-corrected chi connectivity index (χ3v) is 6.61. The quantitative estimate of drug-likeness (QED) is 0.371. The highest BCUT2D eigenvalue weighted by atomic mass is 32.1. The molecule has 1 aliphatic carbocycles. The SMILES string of the molecule is COc1cnc(C(F)F)cc1-c1cc(C)ncc1C(=O)Nc1nc2ncc(C#CC3CCC3)nc2s1.